The number of benzene rings is 2. The summed E-state index contributed by atoms with van der Waals surface area (Å²) in [6.45, 7) is 0. The zero-order chi connectivity index (χ0) is 14.9. The van der Waals surface area contributed by atoms with Gasteiger partial charge >= 0.3 is 0 Å². The van der Waals surface area contributed by atoms with Crippen LogP contribution in [0, 0.1) is 0 Å². The van der Waals surface area contributed by atoms with Gasteiger partial charge in [-0.05, 0) is 52.3 Å². The lowest BCUT2D eigenvalue weighted by molar-refractivity contribution is 0.598. The lowest BCUT2D eigenvalue weighted by atomic mass is 10.2. The van der Waals surface area contributed by atoms with Gasteiger partial charge < -0.3 is 11.1 Å². The Morgan fingerprint density at radius 2 is 1.80 bits per heavy atom. The van der Waals surface area contributed by atoms with E-state index < -0.39 is 10.0 Å². The molecule has 8 heteroatoms. The molecule has 20 heavy (non-hydrogen) atoms. The fraction of sp³-hybridized carbons (Fsp3) is 0. The van der Waals surface area contributed by atoms with Gasteiger partial charge in [0.25, 0.3) is 0 Å². The van der Waals surface area contributed by atoms with Crippen LogP contribution in [-0.2, 0) is 10.0 Å². The molecule has 106 valence electrons. The summed E-state index contributed by atoms with van der Waals surface area (Å²) in [7, 11) is -3.89. The first-order valence-electron chi connectivity index (χ1n) is 5.42. The number of hydrogen-bond donors (Lipinski definition) is 3. The Kier molecular flexibility index (Phi) is 4.24. The third kappa shape index (κ3) is 3.43. The van der Waals surface area contributed by atoms with E-state index >= 15 is 0 Å². The van der Waals surface area contributed by atoms with Crippen molar-refractivity contribution in [2.24, 2.45) is 5.14 Å². The van der Waals surface area contributed by atoms with Crippen LogP contribution in [0.4, 0.5) is 17.1 Å². The van der Waals surface area contributed by atoms with E-state index in [1.54, 1.807) is 30.3 Å². The Balaban J connectivity index is 2.52. The fourth-order valence-corrected chi connectivity index (χ4v) is 2.86. The maximum absolute atomic E-state index is 11.6. The second-order valence-corrected chi connectivity index (χ2v) is 6.87. The molecule has 5 nitrogen and oxygen atoms in total. The van der Waals surface area contributed by atoms with Gasteiger partial charge in [0, 0.05) is 15.2 Å². The van der Waals surface area contributed by atoms with E-state index in [9.17, 15) is 8.42 Å². The van der Waals surface area contributed by atoms with Crippen LogP contribution in [0.3, 0.4) is 0 Å². The van der Waals surface area contributed by atoms with Crippen molar-refractivity contribution < 1.29 is 8.42 Å². The van der Waals surface area contributed by atoms with Gasteiger partial charge in [-0.2, -0.15) is 0 Å². The summed E-state index contributed by atoms with van der Waals surface area (Å²) >= 11 is 9.27. The summed E-state index contributed by atoms with van der Waals surface area (Å²) in [4.78, 5) is -0.0793. The van der Waals surface area contributed by atoms with E-state index in [0.29, 0.717) is 22.1 Å². The van der Waals surface area contributed by atoms with Crippen molar-refractivity contribution in [1.29, 1.82) is 0 Å². The van der Waals surface area contributed by atoms with Crippen LogP contribution < -0.4 is 16.2 Å². The molecule has 0 unspecified atom stereocenters. The first-order valence-corrected chi connectivity index (χ1v) is 8.13. The van der Waals surface area contributed by atoms with E-state index in [0.717, 1.165) is 4.47 Å². The Morgan fingerprint density at radius 1 is 1.10 bits per heavy atom. The SMILES string of the molecule is Nc1ccc(Nc2cc(Cl)ccc2Br)c(S(N)(=O)=O)c1. The van der Waals surface area contributed by atoms with E-state index in [1.165, 1.54) is 6.07 Å². The van der Waals surface area contributed by atoms with Gasteiger partial charge in [0.2, 0.25) is 10.0 Å². The van der Waals surface area contributed by atoms with Crippen molar-refractivity contribution in [2.45, 2.75) is 4.90 Å². The number of halogens is 2. The highest BCUT2D eigenvalue weighted by molar-refractivity contribution is 9.10. The molecule has 0 amide bonds. The highest BCUT2D eigenvalue weighted by Crippen LogP contribution is 2.32. The van der Waals surface area contributed by atoms with Crippen LogP contribution in [0.2, 0.25) is 5.02 Å². The van der Waals surface area contributed by atoms with Crippen molar-refractivity contribution in [2.75, 3.05) is 11.1 Å². The molecule has 2 rings (SSSR count). The summed E-state index contributed by atoms with van der Waals surface area (Å²) in [5.41, 5.74) is 6.84. The van der Waals surface area contributed by atoms with Crippen molar-refractivity contribution in [3.05, 3.63) is 45.9 Å². The molecule has 0 heterocycles. The normalized spacial score (nSPS) is 11.3. The summed E-state index contributed by atoms with van der Waals surface area (Å²) in [6, 6.07) is 9.54. The highest BCUT2D eigenvalue weighted by Gasteiger charge is 2.15. The second kappa shape index (κ2) is 5.61. The Hall–Kier alpha value is -1.28. The average Bonchev–Trinajstić information content (AvgIpc) is 2.34. The van der Waals surface area contributed by atoms with Gasteiger partial charge in [-0.1, -0.05) is 11.6 Å². The summed E-state index contributed by atoms with van der Waals surface area (Å²) in [5.74, 6) is 0. The van der Waals surface area contributed by atoms with Gasteiger partial charge in [0.15, 0.2) is 0 Å². The van der Waals surface area contributed by atoms with E-state index in [2.05, 4.69) is 21.2 Å². The molecule has 5 N–H and O–H groups in total. The van der Waals surface area contributed by atoms with E-state index in [-0.39, 0.29) is 4.90 Å². The molecular weight excluding hydrogens is 366 g/mol. The average molecular weight is 377 g/mol. The Bertz CT molecular complexity index is 765. The number of nitrogens with one attached hydrogen (secondary N) is 1. The first kappa shape index (κ1) is 15.1. The van der Waals surface area contributed by atoms with E-state index in [1.807, 2.05) is 0 Å². The van der Waals surface area contributed by atoms with Crippen molar-refractivity contribution >= 4 is 54.6 Å². The Labute approximate surface area is 130 Å². The quantitative estimate of drug-likeness (QED) is 0.717. The van der Waals surface area contributed by atoms with Crippen molar-refractivity contribution in [1.82, 2.24) is 0 Å². The van der Waals surface area contributed by atoms with Crippen molar-refractivity contribution in [3.63, 3.8) is 0 Å². The standard InChI is InChI=1S/C12H11BrClN3O2S/c13-9-3-1-7(14)5-11(9)17-10-4-2-8(15)6-12(10)20(16,18)19/h1-6,17H,15H2,(H2,16,18,19). The molecule has 0 aliphatic carbocycles. The number of nitrogens with two attached hydrogens (primary N) is 2. The number of hydrogen-bond acceptors (Lipinski definition) is 4. The molecule has 0 fully saturated rings. The fourth-order valence-electron chi connectivity index (χ4n) is 1.62. The maximum atomic E-state index is 11.6. The van der Waals surface area contributed by atoms with Gasteiger partial charge in [0.05, 0.1) is 11.4 Å². The van der Waals surface area contributed by atoms with Crippen LogP contribution in [-0.4, -0.2) is 8.42 Å². The molecule has 0 spiro atoms. The monoisotopic (exact) mass is 375 g/mol. The molecular formula is C12H11BrClN3O2S. The van der Waals surface area contributed by atoms with Crippen LogP contribution in [0.1, 0.15) is 0 Å². The predicted molar refractivity (Wildman–Crippen MR) is 84.7 cm³/mol. The van der Waals surface area contributed by atoms with Crippen molar-refractivity contribution in [3.8, 4) is 0 Å². The number of sulfonamides is 1. The van der Waals surface area contributed by atoms with Gasteiger partial charge in [-0.3, -0.25) is 0 Å². The molecule has 0 radical (unpaired) electrons. The van der Waals surface area contributed by atoms with Gasteiger partial charge in [-0.25, -0.2) is 13.6 Å². The summed E-state index contributed by atoms with van der Waals surface area (Å²) in [6.07, 6.45) is 0. The Morgan fingerprint density at radius 3 is 2.45 bits per heavy atom. The zero-order valence-electron chi connectivity index (χ0n) is 10.1. The van der Waals surface area contributed by atoms with E-state index in [4.69, 9.17) is 22.5 Å². The van der Waals surface area contributed by atoms with Crippen LogP contribution in [0.5, 0.6) is 0 Å². The number of nitrogen functional groups attached to an aromatic ring is 1. The molecule has 0 aliphatic rings. The van der Waals surface area contributed by atoms with Crippen LogP contribution in [0.25, 0.3) is 0 Å². The van der Waals surface area contributed by atoms with Crippen LogP contribution in [0.15, 0.2) is 45.8 Å². The third-order valence-corrected chi connectivity index (χ3v) is 4.39. The molecule has 0 atom stereocenters. The summed E-state index contributed by atoms with van der Waals surface area (Å²) < 4.78 is 23.9. The molecule has 0 saturated carbocycles. The highest BCUT2D eigenvalue weighted by atomic mass is 79.9. The second-order valence-electron chi connectivity index (χ2n) is 4.05. The molecule has 0 saturated heterocycles. The largest absolute Gasteiger partial charge is 0.399 e. The maximum Gasteiger partial charge on any atom is 0.240 e. The molecule has 0 aliphatic heterocycles. The number of primary sulfonamides is 1. The lowest BCUT2D eigenvalue weighted by Gasteiger charge is -2.13. The molecule has 2 aromatic carbocycles. The minimum Gasteiger partial charge on any atom is -0.399 e. The first-order chi connectivity index (χ1) is 9.27. The number of anilines is 3. The van der Waals surface area contributed by atoms with Gasteiger partial charge in [0.1, 0.15) is 4.90 Å². The summed E-state index contributed by atoms with van der Waals surface area (Å²) in [5, 5.41) is 8.67. The molecule has 0 bridgehead atoms. The van der Waals surface area contributed by atoms with Crippen LogP contribution >= 0.6 is 27.5 Å². The predicted octanol–water partition coefficient (Wildman–Crippen LogP) is 3.08. The third-order valence-electron chi connectivity index (χ3n) is 2.51. The molecule has 0 aromatic heterocycles. The topological polar surface area (TPSA) is 98.2 Å². The minimum atomic E-state index is -3.89. The number of rotatable bonds is 3. The lowest BCUT2D eigenvalue weighted by Crippen LogP contribution is -2.14. The van der Waals surface area contributed by atoms with Gasteiger partial charge in [-0.15, -0.1) is 0 Å². The zero-order valence-corrected chi connectivity index (χ0v) is 13.3. The minimum absolute atomic E-state index is 0.0793. The smallest absolute Gasteiger partial charge is 0.240 e. The molecule has 2 aromatic rings.